The fourth-order valence-corrected chi connectivity index (χ4v) is 9.72. The molecule has 0 spiro atoms. The highest BCUT2D eigenvalue weighted by atomic mass is 32.1. The van der Waals surface area contributed by atoms with Crippen molar-refractivity contribution in [3.63, 3.8) is 0 Å². The predicted octanol–water partition coefficient (Wildman–Crippen LogP) is 14.3. The number of aromatic nitrogens is 3. The van der Waals surface area contributed by atoms with E-state index in [1.807, 2.05) is 60.7 Å². The second kappa shape index (κ2) is 12.2. The smallest absolute Gasteiger partial charge is 0.167 e. The second-order valence-corrected chi connectivity index (χ2v) is 15.4. The lowest BCUT2D eigenvalue weighted by molar-refractivity contribution is 0.669. The van der Waals surface area contributed by atoms with Crippen LogP contribution in [0.4, 0.5) is 0 Å². The van der Waals surface area contributed by atoms with E-state index in [0.29, 0.717) is 17.5 Å². The van der Waals surface area contributed by atoms with Crippen LogP contribution in [0.5, 0.6) is 0 Å². The van der Waals surface area contributed by atoms with Gasteiger partial charge in [-0.2, -0.15) is 0 Å². The molecule has 4 nitrogen and oxygen atoms in total. The molecule has 0 aliphatic carbocycles. The van der Waals surface area contributed by atoms with Gasteiger partial charge in [-0.3, -0.25) is 0 Å². The number of benzene rings is 9. The van der Waals surface area contributed by atoms with Crippen LogP contribution in [0.25, 0.3) is 120 Å². The molecule has 0 aliphatic heterocycles. The highest BCUT2D eigenvalue weighted by molar-refractivity contribution is 7.26. The molecule has 3 heterocycles. The van der Waals surface area contributed by atoms with Crippen molar-refractivity contribution >= 4 is 85.8 Å². The van der Waals surface area contributed by atoms with Crippen molar-refractivity contribution in [3.05, 3.63) is 176 Å². The van der Waals surface area contributed by atoms with E-state index >= 15 is 0 Å². The first-order chi connectivity index (χ1) is 27.7. The standard InChI is InChI=1S/C51H29N3OS/c1-2-12-30(13-3-1)49-52-50(54-51(53-49)42-21-10-20-40-39-18-8-9-22-44(39)55-48(40)42)32-25-27-41-46(29-32)56-45-23-11-19-33(47(41)45)31-24-26-38-36-16-5-4-14-34(36)35-15-6-7-17-37(35)43(38)28-31/h1-29H. The van der Waals surface area contributed by atoms with Gasteiger partial charge in [0.1, 0.15) is 11.2 Å². The molecule has 12 rings (SSSR count). The van der Waals surface area contributed by atoms with Gasteiger partial charge in [-0.05, 0) is 73.8 Å². The Morgan fingerprint density at radius 1 is 0.339 bits per heavy atom. The van der Waals surface area contributed by atoms with Crippen LogP contribution in [-0.4, -0.2) is 15.0 Å². The lowest BCUT2D eigenvalue weighted by Crippen LogP contribution is -2.00. The van der Waals surface area contributed by atoms with Gasteiger partial charge in [-0.1, -0.05) is 146 Å². The summed E-state index contributed by atoms with van der Waals surface area (Å²) in [5, 5.41) is 12.3. The molecule has 0 amide bonds. The Kier molecular flexibility index (Phi) is 6.76. The van der Waals surface area contributed by atoms with Gasteiger partial charge in [0.25, 0.3) is 0 Å². The Labute approximate surface area is 325 Å². The zero-order valence-corrected chi connectivity index (χ0v) is 30.7. The lowest BCUT2D eigenvalue weighted by atomic mass is 9.91. The molecule has 0 aliphatic rings. The number of hydrogen-bond donors (Lipinski definition) is 0. The second-order valence-electron chi connectivity index (χ2n) is 14.3. The topological polar surface area (TPSA) is 51.8 Å². The number of hydrogen-bond acceptors (Lipinski definition) is 5. The minimum atomic E-state index is 0.578. The third kappa shape index (κ3) is 4.75. The Bertz CT molecular complexity index is 3510. The van der Waals surface area contributed by atoms with Crippen molar-refractivity contribution in [2.45, 2.75) is 0 Å². The fourth-order valence-electron chi connectivity index (χ4n) is 8.55. The van der Waals surface area contributed by atoms with E-state index in [-0.39, 0.29) is 0 Å². The molecule has 0 atom stereocenters. The van der Waals surface area contributed by atoms with Crippen LogP contribution in [0.2, 0.25) is 0 Å². The molecule has 0 saturated carbocycles. The molecule has 56 heavy (non-hydrogen) atoms. The van der Waals surface area contributed by atoms with E-state index in [1.54, 1.807) is 11.3 Å². The molecule has 0 N–H and O–H groups in total. The van der Waals surface area contributed by atoms with Crippen molar-refractivity contribution in [2.24, 2.45) is 0 Å². The summed E-state index contributed by atoms with van der Waals surface area (Å²) in [5.74, 6) is 1.82. The maximum atomic E-state index is 6.43. The van der Waals surface area contributed by atoms with E-state index in [2.05, 4.69) is 115 Å². The molecule has 0 saturated heterocycles. The first-order valence-electron chi connectivity index (χ1n) is 18.8. The Morgan fingerprint density at radius 3 is 1.70 bits per heavy atom. The van der Waals surface area contributed by atoms with Crippen molar-refractivity contribution in [1.82, 2.24) is 15.0 Å². The highest BCUT2D eigenvalue weighted by Crippen LogP contribution is 2.44. The predicted molar refractivity (Wildman–Crippen MR) is 234 cm³/mol. The molecule has 5 heteroatoms. The summed E-state index contributed by atoms with van der Waals surface area (Å²) in [5.41, 5.74) is 6.75. The average molecular weight is 732 g/mol. The summed E-state index contributed by atoms with van der Waals surface area (Å²) in [6, 6.07) is 62.2. The lowest BCUT2D eigenvalue weighted by Gasteiger charge is -2.12. The average Bonchev–Trinajstić information content (AvgIpc) is 3.85. The summed E-state index contributed by atoms with van der Waals surface area (Å²) >= 11 is 1.81. The maximum absolute atomic E-state index is 6.43. The summed E-state index contributed by atoms with van der Waals surface area (Å²) in [4.78, 5) is 15.3. The minimum absolute atomic E-state index is 0.578. The Balaban J connectivity index is 1.03. The number of fused-ring (bicyclic) bond motifs is 12. The van der Waals surface area contributed by atoms with Crippen LogP contribution in [0.1, 0.15) is 0 Å². The molecule has 3 aromatic heterocycles. The first-order valence-corrected chi connectivity index (χ1v) is 19.6. The van der Waals surface area contributed by atoms with Crippen molar-refractivity contribution < 1.29 is 4.42 Å². The number of thiophene rings is 1. The van der Waals surface area contributed by atoms with Gasteiger partial charge in [0.2, 0.25) is 0 Å². The third-order valence-electron chi connectivity index (χ3n) is 11.1. The molecule has 12 aromatic rings. The van der Waals surface area contributed by atoms with E-state index in [1.165, 1.54) is 63.6 Å². The van der Waals surface area contributed by atoms with Crippen LogP contribution < -0.4 is 0 Å². The number of rotatable bonds is 4. The monoisotopic (exact) mass is 731 g/mol. The number of para-hydroxylation sites is 2. The minimum Gasteiger partial charge on any atom is -0.455 e. The zero-order chi connectivity index (χ0) is 36.7. The summed E-state index contributed by atoms with van der Waals surface area (Å²) < 4.78 is 8.86. The molecule has 260 valence electrons. The third-order valence-corrected chi connectivity index (χ3v) is 12.2. The zero-order valence-electron chi connectivity index (χ0n) is 29.9. The first kappa shape index (κ1) is 31.2. The van der Waals surface area contributed by atoms with Crippen LogP contribution >= 0.6 is 11.3 Å². The summed E-state index contributed by atoms with van der Waals surface area (Å²) in [7, 11) is 0. The molecular weight excluding hydrogens is 703 g/mol. The Hall–Kier alpha value is -7.21. The molecule has 0 bridgehead atoms. The normalized spacial score (nSPS) is 11.9. The van der Waals surface area contributed by atoms with Gasteiger partial charge in [0.15, 0.2) is 17.5 Å². The van der Waals surface area contributed by atoms with Crippen LogP contribution in [0, 0.1) is 0 Å². The van der Waals surface area contributed by atoms with Gasteiger partial charge in [-0.15, -0.1) is 11.3 Å². The van der Waals surface area contributed by atoms with Gasteiger partial charge in [-0.25, -0.2) is 15.0 Å². The van der Waals surface area contributed by atoms with Crippen LogP contribution in [0.3, 0.4) is 0 Å². The van der Waals surface area contributed by atoms with Gasteiger partial charge < -0.3 is 4.42 Å². The molecular formula is C51H29N3OS. The molecule has 0 fully saturated rings. The van der Waals surface area contributed by atoms with Crippen molar-refractivity contribution in [1.29, 1.82) is 0 Å². The van der Waals surface area contributed by atoms with E-state index in [9.17, 15) is 0 Å². The van der Waals surface area contributed by atoms with E-state index < -0.39 is 0 Å². The largest absolute Gasteiger partial charge is 0.455 e. The highest BCUT2D eigenvalue weighted by Gasteiger charge is 2.19. The number of nitrogens with zero attached hydrogens (tertiary/aromatic N) is 3. The Morgan fingerprint density at radius 2 is 0.911 bits per heavy atom. The maximum Gasteiger partial charge on any atom is 0.167 e. The van der Waals surface area contributed by atoms with E-state index in [0.717, 1.165) is 38.6 Å². The van der Waals surface area contributed by atoms with Crippen molar-refractivity contribution in [3.8, 4) is 45.3 Å². The van der Waals surface area contributed by atoms with Crippen LogP contribution in [-0.2, 0) is 0 Å². The SMILES string of the molecule is c1ccc(-c2nc(-c3ccc4c(c3)sc3cccc(-c5ccc6c7ccccc7c7ccccc7c6c5)c34)nc(-c3cccc4c3oc3ccccc34)n2)cc1. The fraction of sp³-hybridized carbons (Fsp3) is 0. The molecule has 0 radical (unpaired) electrons. The van der Waals surface area contributed by atoms with Gasteiger partial charge >= 0.3 is 0 Å². The van der Waals surface area contributed by atoms with Gasteiger partial charge in [0, 0.05) is 42.1 Å². The molecule has 0 unspecified atom stereocenters. The van der Waals surface area contributed by atoms with Crippen molar-refractivity contribution in [2.75, 3.05) is 0 Å². The quantitative estimate of drug-likeness (QED) is 0.169. The van der Waals surface area contributed by atoms with Gasteiger partial charge in [0.05, 0.1) is 5.56 Å². The van der Waals surface area contributed by atoms with Crippen LogP contribution in [0.15, 0.2) is 180 Å². The number of furan rings is 1. The summed E-state index contributed by atoms with van der Waals surface area (Å²) in [6.07, 6.45) is 0. The molecule has 9 aromatic carbocycles. The summed E-state index contributed by atoms with van der Waals surface area (Å²) in [6.45, 7) is 0. The van der Waals surface area contributed by atoms with E-state index in [4.69, 9.17) is 19.4 Å².